The average Bonchev–Trinajstić information content (AvgIpc) is 3.30. The summed E-state index contributed by atoms with van der Waals surface area (Å²) in [6, 6.07) is 13.0. The molecule has 2 aromatic heterocycles. The third-order valence-electron chi connectivity index (χ3n) is 4.40. The minimum Gasteiger partial charge on any atom is -0.497 e. The predicted octanol–water partition coefficient (Wildman–Crippen LogP) is 3.17. The lowest BCUT2D eigenvalue weighted by Crippen LogP contribution is -2.23. The fourth-order valence-electron chi connectivity index (χ4n) is 3.00. The maximum atomic E-state index is 12.8. The fourth-order valence-corrected chi connectivity index (χ4v) is 3.91. The Kier molecular flexibility index (Phi) is 5.67. The van der Waals surface area contributed by atoms with Crippen molar-refractivity contribution in [2.24, 2.45) is 0 Å². The summed E-state index contributed by atoms with van der Waals surface area (Å²) in [5, 5.41) is 4.38. The molecule has 4 aromatic rings. The first-order valence-corrected chi connectivity index (χ1v) is 10.4. The van der Waals surface area contributed by atoms with Crippen molar-refractivity contribution in [1.29, 1.82) is 0 Å². The summed E-state index contributed by atoms with van der Waals surface area (Å²) in [7, 11) is 1.61. The van der Waals surface area contributed by atoms with Crippen LogP contribution < -0.4 is 24.3 Å². The number of hydrogen-bond acceptors (Lipinski definition) is 7. The van der Waals surface area contributed by atoms with Crippen LogP contribution in [0.25, 0.3) is 22.4 Å². The minimum absolute atomic E-state index is 0.200. The van der Waals surface area contributed by atoms with Crippen molar-refractivity contribution in [2.45, 2.75) is 13.8 Å². The summed E-state index contributed by atoms with van der Waals surface area (Å²) in [6.45, 7) is 4.93. The summed E-state index contributed by atoms with van der Waals surface area (Å²) in [5.41, 5.74) is 1.47. The minimum atomic E-state index is -0.200. The number of rotatable bonds is 7. The molecule has 154 valence electrons. The largest absolute Gasteiger partial charge is 0.497 e. The highest BCUT2D eigenvalue weighted by Crippen LogP contribution is 2.29. The summed E-state index contributed by atoms with van der Waals surface area (Å²) in [4.78, 5) is 17.9. The van der Waals surface area contributed by atoms with Gasteiger partial charge in [0, 0.05) is 5.56 Å². The first-order valence-electron chi connectivity index (χ1n) is 9.58. The van der Waals surface area contributed by atoms with Gasteiger partial charge in [0.05, 0.1) is 24.9 Å². The van der Waals surface area contributed by atoms with Crippen LogP contribution in [0.15, 0.2) is 47.3 Å². The number of aromatic nitrogens is 3. The Morgan fingerprint density at radius 2 is 1.77 bits per heavy atom. The van der Waals surface area contributed by atoms with Crippen molar-refractivity contribution in [2.75, 3.05) is 20.3 Å². The molecule has 8 heteroatoms. The van der Waals surface area contributed by atoms with Gasteiger partial charge < -0.3 is 14.2 Å². The second-order valence-electron chi connectivity index (χ2n) is 6.35. The van der Waals surface area contributed by atoms with Gasteiger partial charge in [-0.25, -0.2) is 0 Å². The van der Waals surface area contributed by atoms with Crippen LogP contribution in [0.4, 0.5) is 0 Å². The van der Waals surface area contributed by atoms with E-state index in [-0.39, 0.29) is 5.56 Å². The number of ether oxygens (including phenoxy) is 3. The predicted molar refractivity (Wildman–Crippen MR) is 117 cm³/mol. The van der Waals surface area contributed by atoms with E-state index < -0.39 is 0 Å². The fraction of sp³-hybridized carbons (Fsp3) is 0.227. The van der Waals surface area contributed by atoms with Gasteiger partial charge in [0.25, 0.3) is 5.56 Å². The van der Waals surface area contributed by atoms with Crippen molar-refractivity contribution in [3.05, 3.63) is 62.9 Å². The van der Waals surface area contributed by atoms with Crippen LogP contribution >= 0.6 is 11.3 Å². The van der Waals surface area contributed by atoms with Gasteiger partial charge in [-0.15, -0.1) is 5.10 Å². The number of fused-ring (bicyclic) bond motifs is 1. The lowest BCUT2D eigenvalue weighted by atomic mass is 10.2. The average molecular weight is 423 g/mol. The maximum Gasteiger partial charge on any atom is 0.291 e. The van der Waals surface area contributed by atoms with Gasteiger partial charge in [-0.05, 0) is 61.9 Å². The quantitative estimate of drug-likeness (QED) is 0.455. The van der Waals surface area contributed by atoms with Crippen LogP contribution in [0.5, 0.6) is 17.2 Å². The van der Waals surface area contributed by atoms with E-state index in [0.29, 0.717) is 40.0 Å². The summed E-state index contributed by atoms with van der Waals surface area (Å²) in [5.74, 6) is 2.60. The van der Waals surface area contributed by atoms with Crippen molar-refractivity contribution < 1.29 is 14.2 Å². The van der Waals surface area contributed by atoms with E-state index in [4.69, 9.17) is 14.2 Å². The van der Waals surface area contributed by atoms with E-state index in [9.17, 15) is 4.79 Å². The Bertz CT molecular complexity index is 1280. The van der Waals surface area contributed by atoms with Gasteiger partial charge in [-0.3, -0.25) is 4.79 Å². The summed E-state index contributed by atoms with van der Waals surface area (Å²) >= 11 is 1.30. The Morgan fingerprint density at radius 1 is 1.03 bits per heavy atom. The van der Waals surface area contributed by atoms with Gasteiger partial charge in [0.1, 0.15) is 5.75 Å². The highest BCUT2D eigenvalue weighted by Gasteiger charge is 2.12. The molecule has 0 saturated heterocycles. The van der Waals surface area contributed by atoms with Crippen LogP contribution in [0.1, 0.15) is 19.4 Å². The number of hydrogen-bond donors (Lipinski definition) is 0. The van der Waals surface area contributed by atoms with Crippen LogP contribution in [0, 0.1) is 0 Å². The summed E-state index contributed by atoms with van der Waals surface area (Å²) < 4.78 is 18.3. The Balaban J connectivity index is 1.70. The van der Waals surface area contributed by atoms with E-state index in [1.165, 1.54) is 15.9 Å². The van der Waals surface area contributed by atoms with E-state index in [1.807, 2.05) is 62.4 Å². The second-order valence-corrected chi connectivity index (χ2v) is 7.36. The molecule has 0 N–H and O–H groups in total. The van der Waals surface area contributed by atoms with Gasteiger partial charge in [-0.2, -0.15) is 9.50 Å². The van der Waals surface area contributed by atoms with Gasteiger partial charge in [0.15, 0.2) is 17.3 Å². The SMILES string of the molecule is CCOc1ccc(/C=c2\sc3nc(-c4ccc(OC)cc4)nn3c2=O)cc1OCC. The molecule has 7 nitrogen and oxygen atoms in total. The monoisotopic (exact) mass is 423 g/mol. The zero-order valence-electron chi connectivity index (χ0n) is 16.9. The normalized spacial score (nSPS) is 11.8. The van der Waals surface area contributed by atoms with Gasteiger partial charge >= 0.3 is 0 Å². The molecule has 4 rings (SSSR count). The highest BCUT2D eigenvalue weighted by molar-refractivity contribution is 7.15. The topological polar surface area (TPSA) is 75.0 Å². The lowest BCUT2D eigenvalue weighted by Gasteiger charge is -2.11. The van der Waals surface area contributed by atoms with Crippen LogP contribution in [-0.4, -0.2) is 34.9 Å². The number of thiazole rings is 1. The Morgan fingerprint density at radius 3 is 2.43 bits per heavy atom. The molecule has 2 heterocycles. The molecule has 0 atom stereocenters. The molecule has 0 spiro atoms. The van der Waals surface area contributed by atoms with Crippen LogP contribution in [0.3, 0.4) is 0 Å². The zero-order valence-corrected chi connectivity index (χ0v) is 17.7. The smallest absolute Gasteiger partial charge is 0.291 e. The van der Waals surface area contributed by atoms with Crippen LogP contribution in [-0.2, 0) is 0 Å². The molecule has 0 aliphatic heterocycles. The molecule has 0 fully saturated rings. The molecule has 2 aromatic carbocycles. The molecule has 0 amide bonds. The Hall–Kier alpha value is -3.39. The van der Waals surface area contributed by atoms with Gasteiger partial charge in [0.2, 0.25) is 4.96 Å². The van der Waals surface area contributed by atoms with E-state index >= 15 is 0 Å². The molecule has 0 bridgehead atoms. The lowest BCUT2D eigenvalue weighted by molar-refractivity contribution is 0.287. The van der Waals surface area contributed by atoms with Crippen molar-refractivity contribution in [3.8, 4) is 28.6 Å². The standard InChI is InChI=1S/C22H21N3O4S/c1-4-28-17-11-6-14(12-18(17)29-5-2)13-19-21(26)25-22(30-19)23-20(24-25)15-7-9-16(27-3)10-8-15/h6-13H,4-5H2,1-3H3/b19-13-. The van der Waals surface area contributed by atoms with E-state index in [1.54, 1.807) is 7.11 Å². The molecule has 0 aliphatic carbocycles. The number of benzene rings is 2. The van der Waals surface area contributed by atoms with Crippen molar-refractivity contribution in [3.63, 3.8) is 0 Å². The van der Waals surface area contributed by atoms with Gasteiger partial charge in [-0.1, -0.05) is 17.4 Å². The number of methoxy groups -OCH3 is 1. The molecular formula is C22H21N3O4S. The summed E-state index contributed by atoms with van der Waals surface area (Å²) in [6.07, 6.45) is 1.81. The Labute approximate surface area is 177 Å². The third-order valence-corrected chi connectivity index (χ3v) is 5.35. The molecule has 0 unspecified atom stereocenters. The first-order chi connectivity index (χ1) is 14.6. The van der Waals surface area contributed by atoms with Crippen molar-refractivity contribution in [1.82, 2.24) is 14.6 Å². The molecule has 0 radical (unpaired) electrons. The van der Waals surface area contributed by atoms with E-state index in [0.717, 1.165) is 16.9 Å². The molecule has 0 aliphatic rings. The first kappa shape index (κ1) is 19.9. The second kappa shape index (κ2) is 8.54. The molecule has 30 heavy (non-hydrogen) atoms. The van der Waals surface area contributed by atoms with Crippen molar-refractivity contribution >= 4 is 22.4 Å². The zero-order chi connectivity index (χ0) is 21.1. The highest BCUT2D eigenvalue weighted by atomic mass is 32.1. The maximum absolute atomic E-state index is 12.8. The van der Waals surface area contributed by atoms with E-state index in [2.05, 4.69) is 10.1 Å². The number of nitrogens with zero attached hydrogens (tertiary/aromatic N) is 3. The third kappa shape index (κ3) is 3.86. The van der Waals surface area contributed by atoms with Crippen LogP contribution in [0.2, 0.25) is 0 Å². The molecular weight excluding hydrogens is 402 g/mol. The molecule has 0 saturated carbocycles.